The number of allylic oxidation sites excluding steroid dienone is 11. The molecule has 1 heterocycles. The van der Waals surface area contributed by atoms with Crippen LogP contribution in [-0.2, 0) is 4.79 Å². The summed E-state index contributed by atoms with van der Waals surface area (Å²) in [6.07, 6.45) is 21.4. The van der Waals surface area contributed by atoms with E-state index in [9.17, 15) is 4.79 Å². The summed E-state index contributed by atoms with van der Waals surface area (Å²) in [5, 5.41) is 3.62. The molecule has 3 N–H and O–H groups in total. The number of nitrogens with one attached hydrogen (secondary N) is 1. The van der Waals surface area contributed by atoms with Gasteiger partial charge in [0, 0.05) is 42.0 Å². The normalized spacial score (nSPS) is 17.7. The summed E-state index contributed by atoms with van der Waals surface area (Å²) >= 11 is 0. The van der Waals surface area contributed by atoms with Crippen LogP contribution in [-0.4, -0.2) is 29.3 Å². The molecule has 51 heavy (non-hydrogen) atoms. The lowest BCUT2D eigenvalue weighted by Gasteiger charge is -2.37. The molecule has 2 atom stereocenters. The van der Waals surface area contributed by atoms with Gasteiger partial charge < -0.3 is 16.0 Å². The third-order valence-electron chi connectivity index (χ3n) is 10.9. The van der Waals surface area contributed by atoms with Crippen molar-refractivity contribution in [2.75, 3.05) is 18.4 Å². The Hall–Kier alpha value is -4.15. The van der Waals surface area contributed by atoms with E-state index in [1.165, 1.54) is 75.0 Å². The number of hydrogen-bond donors (Lipinski definition) is 2. The van der Waals surface area contributed by atoms with Crippen molar-refractivity contribution < 1.29 is 4.79 Å². The van der Waals surface area contributed by atoms with Gasteiger partial charge in [-0.3, -0.25) is 4.79 Å². The molecule has 1 aliphatic heterocycles. The number of rotatable bonds is 14. The van der Waals surface area contributed by atoms with Crippen molar-refractivity contribution in [3.8, 4) is 0 Å². The van der Waals surface area contributed by atoms with Crippen LogP contribution in [0.1, 0.15) is 116 Å². The molecule has 0 saturated carbocycles. The fraction of sp³-hybridized carbons (Fsp3) is 0.426. The summed E-state index contributed by atoms with van der Waals surface area (Å²) in [6, 6.07) is 17.7. The number of fused-ring (bicyclic) bond motifs is 2. The number of anilines is 1. The lowest BCUT2D eigenvalue weighted by molar-refractivity contribution is -0.120. The molecular weight excluding hydrogens is 623 g/mol. The summed E-state index contributed by atoms with van der Waals surface area (Å²) in [4.78, 5) is 13.0. The highest BCUT2D eigenvalue weighted by Gasteiger charge is 2.26. The summed E-state index contributed by atoms with van der Waals surface area (Å²) in [5.41, 5.74) is 20.2. The average Bonchev–Trinajstić information content (AvgIpc) is 3.53. The van der Waals surface area contributed by atoms with E-state index in [4.69, 9.17) is 12.3 Å². The van der Waals surface area contributed by atoms with Crippen molar-refractivity contribution in [2.45, 2.75) is 112 Å². The number of aryl methyl sites for hydroxylation is 1. The van der Waals surface area contributed by atoms with Crippen molar-refractivity contribution in [2.24, 2.45) is 11.7 Å². The molecule has 272 valence electrons. The summed E-state index contributed by atoms with van der Waals surface area (Å²) < 4.78 is 0. The zero-order chi connectivity index (χ0) is 37.1. The number of carbonyl (C=O) groups is 1. The van der Waals surface area contributed by atoms with Crippen LogP contribution in [0.2, 0.25) is 0 Å². The zero-order valence-electron chi connectivity index (χ0n) is 32.7. The highest BCUT2D eigenvalue weighted by molar-refractivity contribution is 5.84. The van der Waals surface area contributed by atoms with Gasteiger partial charge in [0.1, 0.15) is 5.78 Å². The van der Waals surface area contributed by atoms with E-state index >= 15 is 0 Å². The minimum atomic E-state index is -0.639. The third-order valence-corrected chi connectivity index (χ3v) is 10.9. The molecule has 2 aliphatic carbocycles. The number of para-hydroxylation sites is 1. The predicted octanol–water partition coefficient (Wildman–Crippen LogP) is 11.8. The van der Waals surface area contributed by atoms with E-state index in [1.54, 1.807) is 13.8 Å². The molecule has 0 aromatic heterocycles. The highest BCUT2D eigenvalue weighted by atomic mass is 16.1. The molecule has 0 spiro atoms. The standard InChI is InChI=1S/C42H52N2.C5H11NO/c1-7-30(3)42(32(5)27-34(8-2)38-23-11-9-17-31(38)4)44(29-37-22-16-20-35-19-10-12-24-39(35)37)33(6)18-15-21-36-28-43-41-26-14-13-25-40(36)41;1-4(7)5(2,3)6/h8-14,16-17,19,22-23,25-26,32,36,43H,6-7,15,18,20-21,24,27-29H2,1-5H3;6H2,1-3H3/b34-8-,42-30+;/t32-,36?;/m1./s1. The van der Waals surface area contributed by atoms with Crippen LogP contribution in [0.4, 0.5) is 5.69 Å². The van der Waals surface area contributed by atoms with Crippen LogP contribution in [0.5, 0.6) is 0 Å². The summed E-state index contributed by atoms with van der Waals surface area (Å²) in [6.45, 7) is 23.1. The first kappa shape index (κ1) is 39.6. The monoisotopic (exact) mass is 685 g/mol. The maximum absolute atomic E-state index is 10.3. The quantitative estimate of drug-likeness (QED) is 0.208. The van der Waals surface area contributed by atoms with Gasteiger partial charge in [-0.1, -0.05) is 105 Å². The van der Waals surface area contributed by atoms with Gasteiger partial charge in [-0.25, -0.2) is 0 Å². The number of nitrogens with two attached hydrogens (primary N) is 1. The SMILES string of the molecule is C=C(CCCC1CNc2ccccc21)N(CC1=C2CC=CC=C2CC=C1)/C(=C(\C)CC)[C@H](C)C/C(=C/C)c1ccccc1C.CC(=O)C(C)(C)N. The molecule has 4 nitrogen and oxygen atoms in total. The molecule has 0 fully saturated rings. The van der Waals surface area contributed by atoms with Crippen molar-refractivity contribution in [3.63, 3.8) is 0 Å². The second-order valence-electron chi connectivity index (χ2n) is 15.2. The van der Waals surface area contributed by atoms with Gasteiger partial charge in [0.25, 0.3) is 0 Å². The Kier molecular flexibility index (Phi) is 14.3. The molecule has 3 aliphatic rings. The number of nitrogens with zero attached hydrogens (tertiary/aromatic N) is 1. The van der Waals surface area contributed by atoms with Crippen LogP contribution in [0, 0.1) is 12.8 Å². The largest absolute Gasteiger partial charge is 0.384 e. The fourth-order valence-electron chi connectivity index (χ4n) is 7.39. The van der Waals surface area contributed by atoms with Crippen LogP contribution < -0.4 is 11.1 Å². The number of hydrogen-bond acceptors (Lipinski definition) is 4. The van der Waals surface area contributed by atoms with E-state index in [-0.39, 0.29) is 5.78 Å². The lowest BCUT2D eigenvalue weighted by atomic mass is 9.85. The second kappa shape index (κ2) is 18.4. The van der Waals surface area contributed by atoms with E-state index < -0.39 is 5.54 Å². The van der Waals surface area contributed by atoms with Gasteiger partial charge >= 0.3 is 0 Å². The molecule has 2 aromatic carbocycles. The van der Waals surface area contributed by atoms with E-state index in [2.05, 4.69) is 130 Å². The van der Waals surface area contributed by atoms with Crippen LogP contribution >= 0.6 is 0 Å². The van der Waals surface area contributed by atoms with Crippen LogP contribution in [0.15, 0.2) is 125 Å². The summed E-state index contributed by atoms with van der Waals surface area (Å²) in [7, 11) is 0. The zero-order valence-corrected chi connectivity index (χ0v) is 32.7. The minimum Gasteiger partial charge on any atom is -0.384 e. The fourth-order valence-corrected chi connectivity index (χ4v) is 7.39. The Bertz CT molecular complexity index is 1740. The summed E-state index contributed by atoms with van der Waals surface area (Å²) in [5.74, 6) is 0.966. The molecule has 4 heteroatoms. The molecule has 0 saturated heterocycles. The molecule has 5 rings (SSSR count). The van der Waals surface area contributed by atoms with Crippen LogP contribution in [0.3, 0.4) is 0 Å². The lowest BCUT2D eigenvalue weighted by Crippen LogP contribution is -2.39. The number of carbonyl (C=O) groups excluding carboxylic acids is 1. The first-order valence-corrected chi connectivity index (χ1v) is 19.1. The first-order chi connectivity index (χ1) is 24.3. The number of benzene rings is 2. The topological polar surface area (TPSA) is 58.4 Å². The van der Waals surface area contributed by atoms with Gasteiger partial charge in [0.2, 0.25) is 0 Å². The molecule has 0 amide bonds. The van der Waals surface area contributed by atoms with E-state index in [0.29, 0.717) is 11.8 Å². The maximum atomic E-state index is 10.3. The Labute approximate surface area is 309 Å². The van der Waals surface area contributed by atoms with Gasteiger partial charge in [-0.05, 0) is 132 Å². The minimum absolute atomic E-state index is 0.0208. The number of Topliss-reactive ketones (excluding diaryl/α,β-unsaturated/α-hetero) is 1. The smallest absolute Gasteiger partial charge is 0.149 e. The highest BCUT2D eigenvalue weighted by Crippen LogP contribution is 2.39. The van der Waals surface area contributed by atoms with Crippen molar-refractivity contribution >= 4 is 17.0 Å². The molecular formula is C47H63N3O. The maximum Gasteiger partial charge on any atom is 0.149 e. The van der Waals surface area contributed by atoms with Gasteiger partial charge in [-0.2, -0.15) is 0 Å². The van der Waals surface area contributed by atoms with Crippen molar-refractivity contribution in [3.05, 3.63) is 142 Å². The number of ketones is 1. The first-order valence-electron chi connectivity index (χ1n) is 19.1. The Morgan fingerprint density at radius 3 is 2.49 bits per heavy atom. The molecule has 1 unspecified atom stereocenters. The second-order valence-corrected chi connectivity index (χ2v) is 15.2. The average molecular weight is 686 g/mol. The van der Waals surface area contributed by atoms with Gasteiger partial charge in [0.05, 0.1) is 5.54 Å². The Balaban J connectivity index is 0.000000755. The van der Waals surface area contributed by atoms with E-state index in [1.807, 2.05) is 0 Å². The van der Waals surface area contributed by atoms with Crippen molar-refractivity contribution in [1.82, 2.24) is 4.90 Å². The van der Waals surface area contributed by atoms with E-state index in [0.717, 1.165) is 51.6 Å². The molecule has 0 bridgehead atoms. The van der Waals surface area contributed by atoms with Crippen LogP contribution in [0.25, 0.3) is 5.57 Å². The Morgan fingerprint density at radius 2 is 1.80 bits per heavy atom. The molecule has 2 aromatic rings. The Morgan fingerprint density at radius 1 is 1.10 bits per heavy atom. The van der Waals surface area contributed by atoms with Gasteiger partial charge in [-0.15, -0.1) is 0 Å². The predicted molar refractivity (Wildman–Crippen MR) is 221 cm³/mol. The van der Waals surface area contributed by atoms with Gasteiger partial charge in [0.15, 0.2) is 0 Å². The molecule has 0 radical (unpaired) electrons. The third kappa shape index (κ3) is 10.5. The van der Waals surface area contributed by atoms with Crippen molar-refractivity contribution in [1.29, 1.82) is 0 Å².